The number of phenolic OH excluding ortho intramolecular Hbond substituents is 1. The summed E-state index contributed by atoms with van der Waals surface area (Å²) in [5.74, 6) is 0.730. The minimum Gasteiger partial charge on any atom is -0.504 e. The molecule has 0 radical (unpaired) electrons. The van der Waals surface area contributed by atoms with E-state index in [1.807, 2.05) is 0 Å². The van der Waals surface area contributed by atoms with E-state index in [0.717, 1.165) is 27.4 Å². The van der Waals surface area contributed by atoms with Crippen molar-refractivity contribution in [3.8, 4) is 11.5 Å². The van der Waals surface area contributed by atoms with Crippen LogP contribution in [0.3, 0.4) is 0 Å². The number of methoxy groups -OCH3 is 1. The van der Waals surface area contributed by atoms with Gasteiger partial charge in [-0.15, -0.1) is 0 Å². The molecule has 14 heavy (non-hydrogen) atoms. The Hall–Kier alpha value is -0.220. The number of halogens is 2. The van der Waals surface area contributed by atoms with Gasteiger partial charge in [0.1, 0.15) is 0 Å². The topological polar surface area (TPSA) is 29.5 Å². The van der Waals surface area contributed by atoms with E-state index in [-0.39, 0.29) is 5.75 Å². The summed E-state index contributed by atoms with van der Waals surface area (Å²) in [7, 11) is 1.55. The highest BCUT2D eigenvalue weighted by atomic mass is 79.9. The Balaban J connectivity index is 3.29. The normalized spacial score (nSPS) is 10.3. The summed E-state index contributed by atoms with van der Waals surface area (Å²) in [4.78, 5) is 0. The first-order valence-electron chi connectivity index (χ1n) is 4.35. The summed E-state index contributed by atoms with van der Waals surface area (Å²) >= 11 is 6.84. The van der Waals surface area contributed by atoms with Crippen molar-refractivity contribution in [2.75, 3.05) is 7.11 Å². The quantitative estimate of drug-likeness (QED) is 0.914. The molecule has 0 aliphatic rings. The van der Waals surface area contributed by atoms with Crippen molar-refractivity contribution in [1.29, 1.82) is 0 Å². The minimum atomic E-state index is 0.226. The number of hydrogen-bond donors (Lipinski definition) is 1. The second-order valence-electron chi connectivity index (χ2n) is 2.95. The van der Waals surface area contributed by atoms with Crippen LogP contribution in [0.25, 0.3) is 0 Å². The SMILES string of the molecule is CCCc1c(O)c(OC)cc(Br)c1Br. The van der Waals surface area contributed by atoms with E-state index >= 15 is 0 Å². The van der Waals surface area contributed by atoms with E-state index in [9.17, 15) is 5.11 Å². The molecule has 0 saturated carbocycles. The third kappa shape index (κ3) is 2.23. The molecule has 2 nitrogen and oxygen atoms in total. The van der Waals surface area contributed by atoms with Crippen LogP contribution in [-0.2, 0) is 6.42 Å². The third-order valence-electron chi connectivity index (χ3n) is 1.97. The second kappa shape index (κ2) is 5.03. The summed E-state index contributed by atoms with van der Waals surface area (Å²) in [6, 6.07) is 1.75. The van der Waals surface area contributed by atoms with Gasteiger partial charge in [-0.1, -0.05) is 13.3 Å². The van der Waals surface area contributed by atoms with Crippen molar-refractivity contribution in [2.45, 2.75) is 19.8 Å². The van der Waals surface area contributed by atoms with Crippen LogP contribution < -0.4 is 4.74 Å². The fraction of sp³-hybridized carbons (Fsp3) is 0.400. The van der Waals surface area contributed by atoms with Gasteiger partial charge >= 0.3 is 0 Å². The second-order valence-corrected chi connectivity index (χ2v) is 4.60. The van der Waals surface area contributed by atoms with E-state index in [2.05, 4.69) is 38.8 Å². The highest BCUT2D eigenvalue weighted by Gasteiger charge is 2.14. The molecule has 0 heterocycles. The maximum Gasteiger partial charge on any atom is 0.162 e. The first kappa shape index (κ1) is 11.9. The zero-order chi connectivity index (χ0) is 10.7. The van der Waals surface area contributed by atoms with Gasteiger partial charge in [-0.25, -0.2) is 0 Å². The van der Waals surface area contributed by atoms with Crippen molar-refractivity contribution in [1.82, 2.24) is 0 Å². The molecule has 1 aromatic carbocycles. The molecule has 0 spiro atoms. The maximum atomic E-state index is 9.85. The zero-order valence-electron chi connectivity index (χ0n) is 8.10. The van der Waals surface area contributed by atoms with Crippen molar-refractivity contribution >= 4 is 31.9 Å². The van der Waals surface area contributed by atoms with E-state index in [0.29, 0.717) is 5.75 Å². The van der Waals surface area contributed by atoms with Crippen LogP contribution in [-0.4, -0.2) is 12.2 Å². The number of phenols is 1. The fourth-order valence-electron chi connectivity index (χ4n) is 1.28. The molecule has 4 heteroatoms. The Bertz CT molecular complexity index is 337. The number of benzene rings is 1. The Morgan fingerprint density at radius 1 is 1.43 bits per heavy atom. The third-order valence-corrected chi connectivity index (χ3v) is 4.03. The molecule has 0 fully saturated rings. The molecule has 78 valence electrons. The summed E-state index contributed by atoms with van der Waals surface area (Å²) in [5, 5.41) is 9.85. The summed E-state index contributed by atoms with van der Waals surface area (Å²) < 4.78 is 6.87. The molecule has 0 amide bonds. The first-order chi connectivity index (χ1) is 6.61. The number of aromatic hydroxyl groups is 1. The van der Waals surface area contributed by atoms with Crippen LogP contribution >= 0.6 is 31.9 Å². The van der Waals surface area contributed by atoms with Crippen molar-refractivity contribution in [3.63, 3.8) is 0 Å². The van der Waals surface area contributed by atoms with E-state index < -0.39 is 0 Å². The van der Waals surface area contributed by atoms with Gasteiger partial charge in [0.05, 0.1) is 7.11 Å². The van der Waals surface area contributed by atoms with Crippen molar-refractivity contribution in [2.24, 2.45) is 0 Å². The summed E-state index contributed by atoms with van der Waals surface area (Å²) in [5.41, 5.74) is 0.888. The molecule has 1 rings (SSSR count). The summed E-state index contributed by atoms with van der Waals surface area (Å²) in [6.07, 6.45) is 1.80. The number of rotatable bonds is 3. The molecule has 0 aliphatic carbocycles. The van der Waals surface area contributed by atoms with Crippen LogP contribution in [0.1, 0.15) is 18.9 Å². The zero-order valence-corrected chi connectivity index (χ0v) is 11.3. The largest absolute Gasteiger partial charge is 0.504 e. The highest BCUT2D eigenvalue weighted by molar-refractivity contribution is 9.13. The predicted molar refractivity (Wildman–Crippen MR) is 64.1 cm³/mol. The van der Waals surface area contributed by atoms with Crippen LogP contribution in [0.5, 0.6) is 11.5 Å². The Kier molecular flexibility index (Phi) is 4.26. The van der Waals surface area contributed by atoms with Gasteiger partial charge in [0.15, 0.2) is 11.5 Å². The molecular weight excluding hydrogens is 312 g/mol. The van der Waals surface area contributed by atoms with Gasteiger partial charge in [-0.05, 0) is 44.3 Å². The van der Waals surface area contributed by atoms with Crippen molar-refractivity contribution < 1.29 is 9.84 Å². The molecule has 0 bridgehead atoms. The highest BCUT2D eigenvalue weighted by Crippen LogP contribution is 2.40. The molecule has 0 aliphatic heterocycles. The molecule has 0 atom stereocenters. The van der Waals surface area contributed by atoms with Crippen molar-refractivity contribution in [3.05, 3.63) is 20.6 Å². The molecular formula is C10H12Br2O2. The average molecular weight is 324 g/mol. The lowest BCUT2D eigenvalue weighted by Crippen LogP contribution is -1.92. The van der Waals surface area contributed by atoms with Crippen LogP contribution in [0.15, 0.2) is 15.0 Å². The standard InChI is InChI=1S/C10H12Br2O2/c1-3-4-6-9(12)7(11)5-8(14-2)10(6)13/h5,13H,3-4H2,1-2H3. The van der Waals surface area contributed by atoms with Gasteiger partial charge in [0, 0.05) is 14.5 Å². The Morgan fingerprint density at radius 2 is 2.07 bits per heavy atom. The number of ether oxygens (including phenoxy) is 1. The van der Waals surface area contributed by atoms with Gasteiger partial charge < -0.3 is 9.84 Å². The van der Waals surface area contributed by atoms with Gasteiger partial charge in [0.25, 0.3) is 0 Å². The first-order valence-corrected chi connectivity index (χ1v) is 5.94. The van der Waals surface area contributed by atoms with Crippen LogP contribution in [0.2, 0.25) is 0 Å². The maximum absolute atomic E-state index is 9.85. The summed E-state index contributed by atoms with van der Waals surface area (Å²) in [6.45, 7) is 2.07. The Labute approximate surface area is 101 Å². The van der Waals surface area contributed by atoms with Crippen LogP contribution in [0, 0.1) is 0 Å². The van der Waals surface area contributed by atoms with E-state index in [1.54, 1.807) is 13.2 Å². The smallest absolute Gasteiger partial charge is 0.162 e. The Morgan fingerprint density at radius 3 is 2.57 bits per heavy atom. The van der Waals surface area contributed by atoms with Crippen LogP contribution in [0.4, 0.5) is 0 Å². The van der Waals surface area contributed by atoms with Gasteiger partial charge in [-0.3, -0.25) is 0 Å². The molecule has 0 unspecified atom stereocenters. The van der Waals surface area contributed by atoms with E-state index in [4.69, 9.17) is 4.74 Å². The average Bonchev–Trinajstić information content (AvgIpc) is 2.18. The minimum absolute atomic E-state index is 0.226. The molecule has 0 saturated heterocycles. The lowest BCUT2D eigenvalue weighted by molar-refractivity contribution is 0.370. The predicted octanol–water partition coefficient (Wildman–Crippen LogP) is 3.88. The molecule has 0 aromatic heterocycles. The van der Waals surface area contributed by atoms with Gasteiger partial charge in [-0.2, -0.15) is 0 Å². The van der Waals surface area contributed by atoms with Gasteiger partial charge in [0.2, 0.25) is 0 Å². The molecule has 1 N–H and O–H groups in total. The lowest BCUT2D eigenvalue weighted by atomic mass is 10.1. The van der Waals surface area contributed by atoms with E-state index in [1.165, 1.54) is 0 Å². The number of hydrogen-bond acceptors (Lipinski definition) is 2. The monoisotopic (exact) mass is 322 g/mol. The lowest BCUT2D eigenvalue weighted by Gasteiger charge is -2.11. The fourth-order valence-corrected chi connectivity index (χ4v) is 2.23. The molecule has 1 aromatic rings.